The van der Waals surface area contributed by atoms with Gasteiger partial charge in [-0.1, -0.05) is 23.7 Å². The zero-order valence-corrected chi connectivity index (χ0v) is 20.3. The number of ether oxygens (including phenoxy) is 2. The second-order valence-electron chi connectivity index (χ2n) is 6.16. The first-order chi connectivity index (χ1) is 14.0. The van der Waals surface area contributed by atoms with Gasteiger partial charge in [0.05, 0.1) is 11.4 Å². The molecular formula is C19H24ClIN4O4S. The van der Waals surface area contributed by atoms with E-state index in [4.69, 9.17) is 21.1 Å². The van der Waals surface area contributed by atoms with Gasteiger partial charge in [0.1, 0.15) is 0 Å². The minimum absolute atomic E-state index is 0. The lowest BCUT2D eigenvalue weighted by Crippen LogP contribution is -2.41. The van der Waals surface area contributed by atoms with Crippen molar-refractivity contribution in [1.29, 1.82) is 0 Å². The van der Waals surface area contributed by atoms with Gasteiger partial charge in [0, 0.05) is 24.7 Å². The largest absolute Gasteiger partial charge is 0.454 e. The lowest BCUT2D eigenvalue weighted by Gasteiger charge is -2.12. The van der Waals surface area contributed by atoms with Crippen molar-refractivity contribution in [2.75, 3.05) is 26.4 Å². The SMILES string of the molecule is CCNC(=NCc1ccc2c(c1)OCO2)NCCNS(=O)(=O)c1cccc(Cl)c1.I. The molecule has 0 bridgehead atoms. The molecule has 0 saturated carbocycles. The summed E-state index contributed by atoms with van der Waals surface area (Å²) in [6.45, 7) is 3.88. The van der Waals surface area contributed by atoms with Crippen LogP contribution in [0.4, 0.5) is 0 Å². The van der Waals surface area contributed by atoms with Gasteiger partial charge in [0.15, 0.2) is 17.5 Å². The van der Waals surface area contributed by atoms with E-state index in [1.54, 1.807) is 12.1 Å². The van der Waals surface area contributed by atoms with Gasteiger partial charge in [0.25, 0.3) is 0 Å². The first-order valence-corrected chi connectivity index (χ1v) is 11.0. The van der Waals surface area contributed by atoms with Crippen LogP contribution in [-0.2, 0) is 16.6 Å². The van der Waals surface area contributed by atoms with Crippen LogP contribution in [0.1, 0.15) is 12.5 Å². The molecule has 30 heavy (non-hydrogen) atoms. The first kappa shape index (κ1) is 24.5. The van der Waals surface area contributed by atoms with Crippen molar-refractivity contribution in [2.45, 2.75) is 18.4 Å². The van der Waals surface area contributed by atoms with Gasteiger partial charge >= 0.3 is 0 Å². The molecule has 3 N–H and O–H groups in total. The molecule has 2 aromatic rings. The van der Waals surface area contributed by atoms with E-state index in [9.17, 15) is 8.42 Å². The highest BCUT2D eigenvalue weighted by atomic mass is 127. The van der Waals surface area contributed by atoms with Crippen molar-refractivity contribution in [3.8, 4) is 11.5 Å². The Morgan fingerprint density at radius 1 is 1.10 bits per heavy atom. The van der Waals surface area contributed by atoms with Crippen LogP contribution < -0.4 is 24.8 Å². The number of fused-ring (bicyclic) bond motifs is 1. The normalized spacial score (nSPS) is 12.9. The van der Waals surface area contributed by atoms with Crippen LogP contribution in [0, 0.1) is 0 Å². The summed E-state index contributed by atoms with van der Waals surface area (Å²) in [5.41, 5.74) is 0.980. The zero-order valence-electron chi connectivity index (χ0n) is 16.4. The first-order valence-electron chi connectivity index (χ1n) is 9.14. The van der Waals surface area contributed by atoms with Crippen LogP contribution in [0.5, 0.6) is 11.5 Å². The van der Waals surface area contributed by atoms with Crippen LogP contribution in [0.15, 0.2) is 52.4 Å². The number of benzene rings is 2. The van der Waals surface area contributed by atoms with Gasteiger partial charge in [-0.25, -0.2) is 18.1 Å². The molecule has 1 aliphatic rings. The third kappa shape index (κ3) is 6.89. The number of guanidine groups is 1. The fourth-order valence-corrected chi connectivity index (χ4v) is 3.97. The van der Waals surface area contributed by atoms with Crippen LogP contribution in [0.25, 0.3) is 0 Å². The lowest BCUT2D eigenvalue weighted by molar-refractivity contribution is 0.174. The average Bonchev–Trinajstić information content (AvgIpc) is 3.17. The van der Waals surface area contributed by atoms with Crippen LogP contribution in [0.3, 0.4) is 0 Å². The standard InChI is InChI=1S/C19H23ClN4O4S.HI/c1-2-21-19(23-12-14-6-7-17-18(10-14)28-13-27-17)22-8-9-24-29(25,26)16-5-3-4-15(20)11-16;/h3-7,10-11,24H,2,8-9,12-13H2,1H3,(H2,21,22,23);1H. The fraction of sp³-hybridized carbons (Fsp3) is 0.316. The summed E-state index contributed by atoms with van der Waals surface area (Å²) >= 11 is 5.86. The van der Waals surface area contributed by atoms with E-state index < -0.39 is 10.0 Å². The fourth-order valence-electron chi connectivity index (χ4n) is 2.64. The number of hydrogen-bond donors (Lipinski definition) is 3. The third-order valence-corrected chi connectivity index (χ3v) is 5.71. The molecule has 0 radical (unpaired) electrons. The minimum atomic E-state index is -3.61. The number of hydrogen-bond acceptors (Lipinski definition) is 5. The molecule has 1 aliphatic heterocycles. The van der Waals surface area contributed by atoms with E-state index >= 15 is 0 Å². The van der Waals surface area contributed by atoms with Gasteiger partial charge in [-0.3, -0.25) is 0 Å². The van der Waals surface area contributed by atoms with Gasteiger partial charge in [-0.2, -0.15) is 0 Å². The van der Waals surface area contributed by atoms with E-state index in [1.807, 2.05) is 25.1 Å². The Morgan fingerprint density at radius 2 is 1.90 bits per heavy atom. The molecule has 0 spiro atoms. The molecule has 0 fully saturated rings. The number of halogens is 2. The van der Waals surface area contributed by atoms with Gasteiger partial charge in [-0.15, -0.1) is 24.0 Å². The maximum atomic E-state index is 12.3. The van der Waals surface area contributed by atoms with Crippen molar-refractivity contribution >= 4 is 51.6 Å². The summed E-state index contributed by atoms with van der Waals surface area (Å²) in [5.74, 6) is 2.04. The minimum Gasteiger partial charge on any atom is -0.454 e. The van der Waals surface area contributed by atoms with E-state index in [1.165, 1.54) is 12.1 Å². The number of nitrogens with one attached hydrogen (secondary N) is 3. The highest BCUT2D eigenvalue weighted by Crippen LogP contribution is 2.32. The van der Waals surface area contributed by atoms with Crippen LogP contribution in [-0.4, -0.2) is 40.8 Å². The maximum Gasteiger partial charge on any atom is 0.240 e. The van der Waals surface area contributed by atoms with E-state index in [0.717, 1.165) is 11.3 Å². The van der Waals surface area contributed by atoms with Crippen molar-refractivity contribution in [3.63, 3.8) is 0 Å². The summed E-state index contributed by atoms with van der Waals surface area (Å²) in [6.07, 6.45) is 0. The summed E-state index contributed by atoms with van der Waals surface area (Å²) in [5, 5.41) is 6.61. The Labute approximate surface area is 198 Å². The molecule has 8 nitrogen and oxygen atoms in total. The third-order valence-electron chi connectivity index (χ3n) is 4.02. The molecular weight excluding hydrogens is 543 g/mol. The van der Waals surface area contributed by atoms with Gasteiger partial charge in [-0.05, 0) is 42.8 Å². The van der Waals surface area contributed by atoms with Gasteiger partial charge < -0.3 is 20.1 Å². The van der Waals surface area contributed by atoms with Crippen molar-refractivity contribution in [3.05, 3.63) is 53.1 Å². The monoisotopic (exact) mass is 566 g/mol. The van der Waals surface area contributed by atoms with Crippen LogP contribution >= 0.6 is 35.6 Å². The van der Waals surface area contributed by atoms with Crippen molar-refractivity contribution < 1.29 is 17.9 Å². The summed E-state index contributed by atoms with van der Waals surface area (Å²) in [4.78, 5) is 4.65. The second kappa shape index (κ2) is 11.6. The highest BCUT2D eigenvalue weighted by molar-refractivity contribution is 14.0. The second-order valence-corrected chi connectivity index (χ2v) is 8.37. The van der Waals surface area contributed by atoms with Crippen molar-refractivity contribution in [2.24, 2.45) is 4.99 Å². The Kier molecular flexibility index (Phi) is 9.46. The quantitative estimate of drug-likeness (QED) is 0.197. The highest BCUT2D eigenvalue weighted by Gasteiger charge is 2.14. The Hall–Kier alpha value is -1.76. The lowest BCUT2D eigenvalue weighted by atomic mass is 10.2. The molecule has 0 atom stereocenters. The molecule has 0 unspecified atom stereocenters. The average molecular weight is 567 g/mol. The molecule has 164 valence electrons. The Morgan fingerprint density at radius 3 is 2.67 bits per heavy atom. The predicted molar refractivity (Wildman–Crippen MR) is 127 cm³/mol. The van der Waals surface area contributed by atoms with E-state index in [0.29, 0.717) is 36.4 Å². The topological polar surface area (TPSA) is 101 Å². The summed E-state index contributed by atoms with van der Waals surface area (Å²) < 4.78 is 37.8. The molecule has 11 heteroatoms. The number of aliphatic imine (C=N–C) groups is 1. The Bertz CT molecular complexity index is 988. The molecule has 1 heterocycles. The molecule has 3 rings (SSSR count). The molecule has 0 aromatic heterocycles. The molecule has 2 aromatic carbocycles. The smallest absolute Gasteiger partial charge is 0.240 e. The van der Waals surface area contributed by atoms with E-state index in [2.05, 4.69) is 20.3 Å². The summed E-state index contributed by atoms with van der Waals surface area (Å²) in [7, 11) is -3.61. The van der Waals surface area contributed by atoms with E-state index in [-0.39, 0.29) is 42.2 Å². The zero-order chi connectivity index (χ0) is 20.7. The number of sulfonamides is 1. The number of rotatable bonds is 8. The van der Waals surface area contributed by atoms with Gasteiger partial charge in [0.2, 0.25) is 16.8 Å². The Balaban J connectivity index is 0.00000320. The van der Waals surface area contributed by atoms with Crippen molar-refractivity contribution in [1.82, 2.24) is 15.4 Å². The molecule has 0 saturated heterocycles. The molecule has 0 amide bonds. The summed E-state index contributed by atoms with van der Waals surface area (Å²) in [6, 6.07) is 11.8. The maximum absolute atomic E-state index is 12.3. The number of nitrogens with zero attached hydrogens (tertiary/aromatic N) is 1. The van der Waals surface area contributed by atoms with Crippen LogP contribution in [0.2, 0.25) is 5.02 Å². The molecule has 0 aliphatic carbocycles. The predicted octanol–water partition coefficient (Wildman–Crippen LogP) is 2.72.